The molecule has 0 bridgehead atoms. The van der Waals surface area contributed by atoms with Crippen molar-refractivity contribution in [3.8, 4) is 0 Å². The number of aryl methyl sites for hydroxylation is 1. The van der Waals surface area contributed by atoms with Crippen LogP contribution in [-0.2, 0) is 6.42 Å². The molecular weight excluding hydrogens is 208 g/mol. The summed E-state index contributed by atoms with van der Waals surface area (Å²) in [6, 6.07) is 9.31. The normalized spacial score (nSPS) is 22.2. The van der Waals surface area contributed by atoms with Gasteiger partial charge in [-0.1, -0.05) is 38.1 Å². The Balaban J connectivity index is 2.19. The molecule has 17 heavy (non-hydrogen) atoms. The minimum Gasteiger partial charge on any atom is -0.330 e. The van der Waals surface area contributed by atoms with Crippen molar-refractivity contribution in [3.63, 3.8) is 0 Å². The Morgan fingerprint density at radius 3 is 2.88 bits per heavy atom. The van der Waals surface area contributed by atoms with E-state index in [0.29, 0.717) is 11.5 Å². The molecular formula is C15H24N2. The maximum absolute atomic E-state index is 5.57. The van der Waals surface area contributed by atoms with Gasteiger partial charge in [-0.25, -0.2) is 0 Å². The first-order valence-corrected chi connectivity index (χ1v) is 6.66. The maximum atomic E-state index is 5.57. The van der Waals surface area contributed by atoms with Crippen LogP contribution in [0.15, 0.2) is 24.3 Å². The van der Waals surface area contributed by atoms with Gasteiger partial charge < -0.3 is 11.1 Å². The van der Waals surface area contributed by atoms with Gasteiger partial charge in [-0.05, 0) is 48.9 Å². The Labute approximate surface area is 105 Å². The third-order valence-corrected chi connectivity index (χ3v) is 3.92. The smallest absolute Gasteiger partial charge is 0.0374 e. The standard InChI is InChI=1S/C15H24N2/c1-15(2)9-8-12-6-3-4-7-13(12)14(15)17-11-5-10-16/h3-4,6-7,14,17H,5,8-11,16H2,1-2H3. The molecule has 1 aliphatic rings. The van der Waals surface area contributed by atoms with Gasteiger partial charge in [0.05, 0.1) is 0 Å². The topological polar surface area (TPSA) is 38.0 Å². The van der Waals surface area contributed by atoms with Gasteiger partial charge in [0, 0.05) is 6.04 Å². The van der Waals surface area contributed by atoms with Crippen LogP contribution in [-0.4, -0.2) is 13.1 Å². The van der Waals surface area contributed by atoms with E-state index in [1.165, 1.54) is 24.0 Å². The molecule has 3 N–H and O–H groups in total. The zero-order chi connectivity index (χ0) is 12.3. The van der Waals surface area contributed by atoms with Crippen molar-refractivity contribution in [2.75, 3.05) is 13.1 Å². The molecule has 1 aliphatic carbocycles. The minimum absolute atomic E-state index is 0.336. The largest absolute Gasteiger partial charge is 0.330 e. The van der Waals surface area contributed by atoms with Crippen molar-refractivity contribution in [1.29, 1.82) is 0 Å². The van der Waals surface area contributed by atoms with Crippen LogP contribution < -0.4 is 11.1 Å². The Kier molecular flexibility index (Phi) is 3.85. The monoisotopic (exact) mass is 232 g/mol. The quantitative estimate of drug-likeness (QED) is 0.783. The molecule has 0 saturated heterocycles. The molecule has 0 spiro atoms. The fourth-order valence-corrected chi connectivity index (χ4v) is 2.80. The van der Waals surface area contributed by atoms with E-state index in [0.717, 1.165) is 19.5 Å². The third kappa shape index (κ3) is 2.70. The van der Waals surface area contributed by atoms with Gasteiger partial charge in [0.2, 0.25) is 0 Å². The SMILES string of the molecule is CC1(C)CCc2ccccc2C1NCCCN. The average molecular weight is 232 g/mol. The second-order valence-electron chi connectivity index (χ2n) is 5.72. The lowest BCUT2D eigenvalue weighted by Gasteiger charge is -2.40. The van der Waals surface area contributed by atoms with Crippen LogP contribution in [0, 0.1) is 5.41 Å². The molecule has 2 nitrogen and oxygen atoms in total. The fourth-order valence-electron chi connectivity index (χ4n) is 2.80. The number of fused-ring (bicyclic) bond motifs is 1. The zero-order valence-electron chi connectivity index (χ0n) is 11.0. The molecule has 2 heteroatoms. The summed E-state index contributed by atoms with van der Waals surface area (Å²) in [7, 11) is 0. The summed E-state index contributed by atoms with van der Waals surface area (Å²) < 4.78 is 0. The van der Waals surface area contributed by atoms with Gasteiger partial charge >= 0.3 is 0 Å². The number of nitrogens with two attached hydrogens (primary N) is 1. The first-order chi connectivity index (χ1) is 8.15. The van der Waals surface area contributed by atoms with E-state index in [4.69, 9.17) is 5.73 Å². The lowest BCUT2D eigenvalue weighted by atomic mass is 9.70. The van der Waals surface area contributed by atoms with Crippen LogP contribution >= 0.6 is 0 Å². The van der Waals surface area contributed by atoms with Gasteiger partial charge in [0.1, 0.15) is 0 Å². The molecule has 0 saturated carbocycles. The molecule has 1 aromatic carbocycles. The average Bonchev–Trinajstić information content (AvgIpc) is 2.32. The fraction of sp³-hybridized carbons (Fsp3) is 0.600. The Bertz CT molecular complexity index is 371. The van der Waals surface area contributed by atoms with E-state index < -0.39 is 0 Å². The number of benzene rings is 1. The highest BCUT2D eigenvalue weighted by atomic mass is 14.9. The minimum atomic E-state index is 0.336. The van der Waals surface area contributed by atoms with Crippen LogP contribution in [0.2, 0.25) is 0 Å². The molecule has 0 aliphatic heterocycles. The molecule has 0 radical (unpaired) electrons. The predicted octanol–water partition coefficient (Wildman–Crippen LogP) is 2.64. The summed E-state index contributed by atoms with van der Waals surface area (Å²) in [5, 5.41) is 3.69. The molecule has 94 valence electrons. The van der Waals surface area contributed by atoms with Crippen LogP contribution in [0.4, 0.5) is 0 Å². The van der Waals surface area contributed by atoms with Crippen LogP contribution in [0.1, 0.15) is 43.9 Å². The Morgan fingerprint density at radius 2 is 2.12 bits per heavy atom. The molecule has 1 atom stereocenters. The highest BCUT2D eigenvalue weighted by Gasteiger charge is 2.34. The number of nitrogens with one attached hydrogen (secondary N) is 1. The maximum Gasteiger partial charge on any atom is 0.0374 e. The van der Waals surface area contributed by atoms with Crippen molar-refractivity contribution in [3.05, 3.63) is 35.4 Å². The van der Waals surface area contributed by atoms with Crippen molar-refractivity contribution in [2.45, 2.75) is 39.2 Å². The van der Waals surface area contributed by atoms with Gasteiger partial charge in [0.15, 0.2) is 0 Å². The Hall–Kier alpha value is -0.860. The molecule has 0 heterocycles. The summed E-state index contributed by atoms with van der Waals surface area (Å²) in [6.45, 7) is 6.51. The second-order valence-corrected chi connectivity index (χ2v) is 5.72. The van der Waals surface area contributed by atoms with E-state index in [9.17, 15) is 0 Å². The van der Waals surface area contributed by atoms with Crippen LogP contribution in [0.25, 0.3) is 0 Å². The second kappa shape index (κ2) is 5.19. The van der Waals surface area contributed by atoms with Gasteiger partial charge in [0.25, 0.3) is 0 Å². The predicted molar refractivity (Wildman–Crippen MR) is 73.0 cm³/mol. The zero-order valence-corrected chi connectivity index (χ0v) is 11.0. The van der Waals surface area contributed by atoms with E-state index in [-0.39, 0.29) is 0 Å². The van der Waals surface area contributed by atoms with E-state index in [2.05, 4.69) is 43.4 Å². The lowest BCUT2D eigenvalue weighted by molar-refractivity contribution is 0.209. The van der Waals surface area contributed by atoms with Crippen molar-refractivity contribution >= 4 is 0 Å². The summed E-state index contributed by atoms with van der Waals surface area (Å²) in [6.07, 6.45) is 3.51. The molecule has 1 aromatic rings. The van der Waals surface area contributed by atoms with Crippen molar-refractivity contribution < 1.29 is 0 Å². The summed E-state index contributed by atoms with van der Waals surface area (Å²) in [4.78, 5) is 0. The highest BCUT2D eigenvalue weighted by Crippen LogP contribution is 2.43. The van der Waals surface area contributed by atoms with E-state index in [1.54, 1.807) is 0 Å². The number of hydrogen-bond donors (Lipinski definition) is 2. The van der Waals surface area contributed by atoms with Crippen molar-refractivity contribution in [2.24, 2.45) is 11.1 Å². The first-order valence-electron chi connectivity index (χ1n) is 6.66. The molecule has 0 amide bonds. The number of rotatable bonds is 4. The van der Waals surface area contributed by atoms with Gasteiger partial charge in [-0.2, -0.15) is 0 Å². The van der Waals surface area contributed by atoms with Crippen molar-refractivity contribution in [1.82, 2.24) is 5.32 Å². The summed E-state index contributed by atoms with van der Waals surface area (Å²) >= 11 is 0. The van der Waals surface area contributed by atoms with E-state index in [1.807, 2.05) is 0 Å². The van der Waals surface area contributed by atoms with Crippen LogP contribution in [0.3, 0.4) is 0 Å². The first kappa shape index (κ1) is 12.6. The number of hydrogen-bond acceptors (Lipinski definition) is 2. The van der Waals surface area contributed by atoms with Gasteiger partial charge in [-0.15, -0.1) is 0 Å². The molecule has 1 unspecified atom stereocenters. The lowest BCUT2D eigenvalue weighted by Crippen LogP contribution is -2.38. The van der Waals surface area contributed by atoms with Gasteiger partial charge in [-0.3, -0.25) is 0 Å². The van der Waals surface area contributed by atoms with Crippen LogP contribution in [0.5, 0.6) is 0 Å². The molecule has 0 aromatic heterocycles. The molecule has 0 fully saturated rings. The Morgan fingerprint density at radius 1 is 1.35 bits per heavy atom. The summed E-state index contributed by atoms with van der Waals surface area (Å²) in [5.74, 6) is 0. The summed E-state index contributed by atoms with van der Waals surface area (Å²) in [5.41, 5.74) is 8.90. The highest BCUT2D eigenvalue weighted by molar-refractivity contribution is 5.34. The van der Waals surface area contributed by atoms with E-state index >= 15 is 0 Å². The third-order valence-electron chi connectivity index (χ3n) is 3.92. The molecule has 2 rings (SSSR count).